The molecule has 1 fully saturated rings. The van der Waals surface area contributed by atoms with Crippen LogP contribution in [-0.4, -0.2) is 30.3 Å². The summed E-state index contributed by atoms with van der Waals surface area (Å²) in [6.07, 6.45) is 2.36. The predicted molar refractivity (Wildman–Crippen MR) is 46.5 cm³/mol. The highest BCUT2D eigenvalue weighted by Crippen LogP contribution is 2.26. The highest BCUT2D eigenvalue weighted by molar-refractivity contribution is 4.80. The Kier molecular flexibility index (Phi) is 2.90. The summed E-state index contributed by atoms with van der Waals surface area (Å²) in [7, 11) is 0. The maximum Gasteiger partial charge on any atom is 0.118 e. The van der Waals surface area contributed by atoms with Gasteiger partial charge in [-0.3, -0.25) is 4.90 Å². The van der Waals surface area contributed by atoms with Crippen molar-refractivity contribution in [3.05, 3.63) is 0 Å². The smallest absolute Gasteiger partial charge is 0.118 e. The molecule has 1 saturated heterocycles. The fourth-order valence-corrected chi connectivity index (χ4v) is 1.89. The van der Waals surface area contributed by atoms with Crippen LogP contribution >= 0.6 is 0 Å². The number of nitrogens with zero attached hydrogens (tertiary/aromatic N) is 1. The Morgan fingerprint density at radius 1 is 1.45 bits per heavy atom. The van der Waals surface area contributed by atoms with Gasteiger partial charge >= 0.3 is 0 Å². The van der Waals surface area contributed by atoms with Gasteiger partial charge in [0.25, 0.3) is 0 Å². The number of hydrogen-bond acceptors (Lipinski definition) is 2. The van der Waals surface area contributed by atoms with Crippen molar-refractivity contribution >= 4 is 0 Å². The summed E-state index contributed by atoms with van der Waals surface area (Å²) >= 11 is 0. The molecule has 1 aliphatic rings. The van der Waals surface area contributed by atoms with E-state index >= 15 is 0 Å². The summed E-state index contributed by atoms with van der Waals surface area (Å²) in [5.41, 5.74) is 0.0451. The van der Waals surface area contributed by atoms with Gasteiger partial charge < -0.3 is 4.74 Å². The normalized spacial score (nSPS) is 33.0. The van der Waals surface area contributed by atoms with Crippen molar-refractivity contribution in [2.45, 2.75) is 39.3 Å². The van der Waals surface area contributed by atoms with Gasteiger partial charge in [0.15, 0.2) is 0 Å². The van der Waals surface area contributed by atoms with Gasteiger partial charge in [-0.25, -0.2) is 0 Å². The van der Waals surface area contributed by atoms with Crippen molar-refractivity contribution in [1.82, 2.24) is 4.90 Å². The maximum atomic E-state index is 5.71. The van der Waals surface area contributed by atoms with Crippen LogP contribution < -0.4 is 0 Å². The molecule has 0 radical (unpaired) electrons. The summed E-state index contributed by atoms with van der Waals surface area (Å²) in [6, 6.07) is 0. The van der Waals surface area contributed by atoms with Crippen LogP contribution in [0.1, 0.15) is 33.6 Å². The van der Waals surface area contributed by atoms with Crippen molar-refractivity contribution in [2.24, 2.45) is 0 Å². The van der Waals surface area contributed by atoms with Crippen LogP contribution in [0.4, 0.5) is 0 Å². The van der Waals surface area contributed by atoms with Crippen LogP contribution in [0.2, 0.25) is 0 Å². The minimum Gasteiger partial charge on any atom is -0.359 e. The lowest BCUT2D eigenvalue weighted by Gasteiger charge is -2.32. The predicted octanol–water partition coefficient (Wildman–Crippen LogP) is 1.85. The molecule has 0 amide bonds. The highest BCUT2D eigenvalue weighted by Gasteiger charge is 2.35. The fourth-order valence-electron chi connectivity index (χ4n) is 1.89. The Labute approximate surface area is 69.5 Å². The van der Waals surface area contributed by atoms with Crippen molar-refractivity contribution in [2.75, 3.05) is 19.7 Å². The Morgan fingerprint density at radius 2 is 2.18 bits per heavy atom. The Morgan fingerprint density at radius 3 is 2.73 bits per heavy atom. The van der Waals surface area contributed by atoms with Gasteiger partial charge in [0, 0.05) is 6.54 Å². The molecule has 1 heterocycles. The second-order valence-electron chi connectivity index (χ2n) is 3.35. The maximum absolute atomic E-state index is 5.71. The largest absolute Gasteiger partial charge is 0.359 e. The molecule has 0 N–H and O–H groups in total. The molecule has 2 heteroatoms. The molecule has 11 heavy (non-hydrogen) atoms. The van der Waals surface area contributed by atoms with E-state index in [0.717, 1.165) is 26.1 Å². The highest BCUT2D eigenvalue weighted by atomic mass is 16.5. The molecular formula is C9H19NO. The lowest BCUT2D eigenvalue weighted by atomic mass is 10.1. The summed E-state index contributed by atoms with van der Waals surface area (Å²) in [5.74, 6) is 0. The number of hydrogen-bond donors (Lipinski definition) is 0. The van der Waals surface area contributed by atoms with Crippen molar-refractivity contribution in [3.63, 3.8) is 0 Å². The third-order valence-electron chi connectivity index (χ3n) is 2.54. The van der Waals surface area contributed by atoms with Crippen LogP contribution in [0.25, 0.3) is 0 Å². The molecule has 0 aromatic heterocycles. The Bertz CT molecular complexity index is 127. The zero-order chi connectivity index (χ0) is 8.32. The molecular weight excluding hydrogens is 138 g/mol. The van der Waals surface area contributed by atoms with Crippen molar-refractivity contribution < 1.29 is 4.74 Å². The summed E-state index contributed by atoms with van der Waals surface area (Å²) < 4.78 is 5.71. The summed E-state index contributed by atoms with van der Waals surface area (Å²) in [4.78, 5) is 2.41. The summed E-state index contributed by atoms with van der Waals surface area (Å²) in [6.45, 7) is 9.73. The Hall–Kier alpha value is -0.0800. The quantitative estimate of drug-likeness (QED) is 0.620. The minimum atomic E-state index is 0.0451. The molecule has 2 nitrogen and oxygen atoms in total. The zero-order valence-electron chi connectivity index (χ0n) is 7.89. The van der Waals surface area contributed by atoms with Gasteiger partial charge in [0.2, 0.25) is 0 Å². The SMILES string of the molecule is CCCC1(C)OCCN1CC. The first kappa shape index (κ1) is 9.01. The molecule has 1 aliphatic heterocycles. The van der Waals surface area contributed by atoms with E-state index in [1.54, 1.807) is 0 Å². The molecule has 0 saturated carbocycles. The van der Waals surface area contributed by atoms with Gasteiger partial charge in [0.05, 0.1) is 6.61 Å². The van der Waals surface area contributed by atoms with E-state index < -0.39 is 0 Å². The van der Waals surface area contributed by atoms with Crippen LogP contribution in [0, 0.1) is 0 Å². The lowest BCUT2D eigenvalue weighted by molar-refractivity contribution is -0.0708. The van der Waals surface area contributed by atoms with Gasteiger partial charge in [-0.1, -0.05) is 20.3 Å². The Balaban J connectivity index is 2.51. The van der Waals surface area contributed by atoms with Crippen LogP contribution in [-0.2, 0) is 4.74 Å². The average Bonchev–Trinajstić information content (AvgIpc) is 2.31. The van der Waals surface area contributed by atoms with E-state index in [0.29, 0.717) is 0 Å². The molecule has 0 aliphatic carbocycles. The summed E-state index contributed by atoms with van der Waals surface area (Å²) in [5, 5.41) is 0. The van der Waals surface area contributed by atoms with Gasteiger partial charge in [0.1, 0.15) is 5.72 Å². The van der Waals surface area contributed by atoms with E-state index in [1.165, 1.54) is 6.42 Å². The molecule has 1 rings (SSSR count). The number of ether oxygens (including phenoxy) is 1. The first-order valence-corrected chi connectivity index (χ1v) is 4.62. The van der Waals surface area contributed by atoms with Crippen LogP contribution in [0.15, 0.2) is 0 Å². The average molecular weight is 157 g/mol. The first-order chi connectivity index (χ1) is 5.23. The van der Waals surface area contributed by atoms with Gasteiger partial charge in [-0.2, -0.15) is 0 Å². The molecule has 0 bridgehead atoms. The molecule has 0 aromatic carbocycles. The molecule has 66 valence electrons. The van der Waals surface area contributed by atoms with Crippen molar-refractivity contribution in [1.29, 1.82) is 0 Å². The van der Waals surface area contributed by atoms with Crippen LogP contribution in [0.3, 0.4) is 0 Å². The molecule has 0 spiro atoms. The second kappa shape index (κ2) is 3.55. The van der Waals surface area contributed by atoms with E-state index in [1.807, 2.05) is 0 Å². The van der Waals surface area contributed by atoms with E-state index in [2.05, 4.69) is 25.7 Å². The lowest BCUT2D eigenvalue weighted by Crippen LogP contribution is -2.41. The molecule has 1 atom stereocenters. The van der Waals surface area contributed by atoms with Crippen molar-refractivity contribution in [3.8, 4) is 0 Å². The second-order valence-corrected chi connectivity index (χ2v) is 3.35. The third kappa shape index (κ3) is 1.74. The molecule has 0 aromatic rings. The van der Waals surface area contributed by atoms with Crippen LogP contribution in [0.5, 0.6) is 0 Å². The monoisotopic (exact) mass is 157 g/mol. The van der Waals surface area contributed by atoms with Gasteiger partial charge in [-0.15, -0.1) is 0 Å². The number of rotatable bonds is 3. The minimum absolute atomic E-state index is 0.0451. The van der Waals surface area contributed by atoms with E-state index in [-0.39, 0.29) is 5.72 Å². The zero-order valence-corrected chi connectivity index (χ0v) is 7.89. The third-order valence-corrected chi connectivity index (χ3v) is 2.54. The first-order valence-electron chi connectivity index (χ1n) is 4.62. The fraction of sp³-hybridized carbons (Fsp3) is 1.00. The standard InChI is InChI=1S/C9H19NO/c1-4-6-9(3)10(5-2)7-8-11-9/h4-8H2,1-3H3. The van der Waals surface area contributed by atoms with E-state index in [4.69, 9.17) is 4.74 Å². The van der Waals surface area contributed by atoms with Gasteiger partial charge in [-0.05, 0) is 19.9 Å². The number of likely N-dealkylation sites (N-methyl/N-ethyl adjacent to an activating group) is 1. The van der Waals surface area contributed by atoms with E-state index in [9.17, 15) is 0 Å². The topological polar surface area (TPSA) is 12.5 Å². The molecule has 1 unspecified atom stereocenters.